The van der Waals surface area contributed by atoms with Crippen LogP contribution in [0, 0.1) is 5.92 Å². The van der Waals surface area contributed by atoms with Gasteiger partial charge in [-0.15, -0.1) is 24.0 Å². The molecule has 0 radical (unpaired) electrons. The summed E-state index contributed by atoms with van der Waals surface area (Å²) in [5.41, 5.74) is 0. The topological polar surface area (TPSA) is 45.7 Å². The lowest BCUT2D eigenvalue weighted by Gasteiger charge is -2.23. The van der Waals surface area contributed by atoms with E-state index < -0.39 is 0 Å². The van der Waals surface area contributed by atoms with E-state index in [9.17, 15) is 0 Å². The Morgan fingerprint density at radius 2 is 1.91 bits per heavy atom. The van der Waals surface area contributed by atoms with Gasteiger partial charge in [0.25, 0.3) is 0 Å². The summed E-state index contributed by atoms with van der Waals surface area (Å²) in [5.74, 6) is 1.71. The molecule has 0 aromatic carbocycles. The lowest BCUT2D eigenvalue weighted by Crippen LogP contribution is -2.42. The van der Waals surface area contributed by atoms with Crippen molar-refractivity contribution in [3.63, 3.8) is 0 Å². The van der Waals surface area contributed by atoms with Gasteiger partial charge in [0.1, 0.15) is 0 Å². The number of nitrogens with one attached hydrogen (secondary N) is 2. The maximum absolute atomic E-state index is 5.98. The van der Waals surface area contributed by atoms with E-state index in [1.165, 1.54) is 25.7 Å². The van der Waals surface area contributed by atoms with Gasteiger partial charge in [-0.2, -0.15) is 0 Å². The zero-order valence-corrected chi connectivity index (χ0v) is 17.1. The van der Waals surface area contributed by atoms with Crippen LogP contribution in [0.4, 0.5) is 0 Å². The zero-order valence-electron chi connectivity index (χ0n) is 14.7. The maximum Gasteiger partial charge on any atom is 0.191 e. The molecule has 0 heterocycles. The highest BCUT2D eigenvalue weighted by molar-refractivity contribution is 14.0. The first-order chi connectivity index (χ1) is 10.8. The van der Waals surface area contributed by atoms with E-state index in [-0.39, 0.29) is 24.0 Å². The third-order valence-corrected chi connectivity index (χ3v) is 4.68. The molecule has 0 bridgehead atoms. The normalized spacial score (nSPS) is 20.5. The van der Waals surface area contributed by atoms with Crippen LogP contribution in [0.3, 0.4) is 0 Å². The van der Waals surface area contributed by atoms with E-state index in [1.807, 2.05) is 0 Å². The number of nitrogens with zero attached hydrogens (tertiary/aromatic N) is 1. The van der Waals surface area contributed by atoms with Crippen molar-refractivity contribution in [2.24, 2.45) is 10.9 Å². The van der Waals surface area contributed by atoms with Crippen molar-refractivity contribution in [3.8, 4) is 0 Å². The molecule has 2 aliphatic carbocycles. The molecule has 134 valence electrons. The Labute approximate surface area is 158 Å². The molecule has 0 aromatic rings. The average Bonchev–Trinajstić information content (AvgIpc) is 3.20. The number of rotatable bonds is 8. The fourth-order valence-electron chi connectivity index (χ4n) is 3.55. The fraction of sp³-hybridized carbons (Fsp3) is 0.833. The predicted molar refractivity (Wildman–Crippen MR) is 109 cm³/mol. The molecule has 0 saturated heterocycles. The molecule has 2 rings (SSSR count). The molecule has 0 spiro atoms. The Morgan fingerprint density at radius 3 is 2.52 bits per heavy atom. The van der Waals surface area contributed by atoms with Crippen molar-refractivity contribution in [3.05, 3.63) is 12.2 Å². The maximum atomic E-state index is 5.98. The van der Waals surface area contributed by atoms with Crippen molar-refractivity contribution in [1.29, 1.82) is 0 Å². The molecule has 1 atom stereocenters. The van der Waals surface area contributed by atoms with Crippen molar-refractivity contribution in [1.82, 2.24) is 10.6 Å². The molecular formula is C18H34IN3O. The standard InChI is InChI=1S/C18H33N3O.HI/c1-3-19-18(21-16-11-7-8-12-16)20-14-13-17(22-4-2)15-9-5-6-10-15;/h7-8,15-17H,3-6,9-14H2,1-2H3,(H2,19,20,21);1H. The lowest BCUT2D eigenvalue weighted by atomic mass is 9.98. The molecule has 2 N–H and O–H groups in total. The van der Waals surface area contributed by atoms with Gasteiger partial charge in [0, 0.05) is 25.7 Å². The van der Waals surface area contributed by atoms with Crippen LogP contribution in [0.2, 0.25) is 0 Å². The highest BCUT2D eigenvalue weighted by Crippen LogP contribution is 2.30. The van der Waals surface area contributed by atoms with E-state index in [1.54, 1.807) is 0 Å². The predicted octanol–water partition coefficient (Wildman–Crippen LogP) is 3.86. The highest BCUT2D eigenvalue weighted by Gasteiger charge is 2.25. The first-order valence-electron chi connectivity index (χ1n) is 9.15. The minimum Gasteiger partial charge on any atom is -0.378 e. The second kappa shape index (κ2) is 12.1. The van der Waals surface area contributed by atoms with E-state index in [4.69, 9.17) is 9.73 Å². The Morgan fingerprint density at radius 1 is 1.22 bits per heavy atom. The minimum absolute atomic E-state index is 0. The number of hydrogen-bond acceptors (Lipinski definition) is 2. The average molecular weight is 435 g/mol. The smallest absolute Gasteiger partial charge is 0.191 e. The van der Waals surface area contributed by atoms with Gasteiger partial charge in [-0.3, -0.25) is 4.99 Å². The summed E-state index contributed by atoms with van der Waals surface area (Å²) >= 11 is 0. The Balaban J connectivity index is 0.00000264. The van der Waals surface area contributed by atoms with Crippen LogP contribution < -0.4 is 10.6 Å². The number of ether oxygens (including phenoxy) is 1. The summed E-state index contributed by atoms with van der Waals surface area (Å²) in [6.45, 7) is 6.78. The fourth-order valence-corrected chi connectivity index (χ4v) is 3.55. The Bertz CT molecular complexity index is 359. The number of hydrogen-bond donors (Lipinski definition) is 2. The Hall–Kier alpha value is -0.300. The van der Waals surface area contributed by atoms with Crippen LogP contribution in [0.5, 0.6) is 0 Å². The second-order valence-electron chi connectivity index (χ2n) is 6.37. The molecule has 5 heteroatoms. The van der Waals surface area contributed by atoms with Gasteiger partial charge in [-0.05, 0) is 51.9 Å². The molecule has 0 amide bonds. The molecule has 23 heavy (non-hydrogen) atoms. The minimum atomic E-state index is 0. The van der Waals surface area contributed by atoms with Crippen LogP contribution in [0.25, 0.3) is 0 Å². The van der Waals surface area contributed by atoms with Crippen molar-refractivity contribution in [2.45, 2.75) is 70.9 Å². The number of aliphatic imine (C=N–C) groups is 1. The monoisotopic (exact) mass is 435 g/mol. The van der Waals surface area contributed by atoms with E-state index in [0.717, 1.165) is 50.8 Å². The number of halogens is 1. The Kier molecular flexibility index (Phi) is 10.9. The van der Waals surface area contributed by atoms with E-state index >= 15 is 0 Å². The molecule has 1 saturated carbocycles. The zero-order chi connectivity index (χ0) is 15.6. The molecule has 0 aliphatic heterocycles. The van der Waals surface area contributed by atoms with Gasteiger partial charge in [-0.1, -0.05) is 25.0 Å². The summed E-state index contributed by atoms with van der Waals surface area (Å²) in [4.78, 5) is 4.76. The van der Waals surface area contributed by atoms with Crippen LogP contribution in [-0.2, 0) is 4.74 Å². The van der Waals surface area contributed by atoms with Crippen LogP contribution >= 0.6 is 24.0 Å². The summed E-state index contributed by atoms with van der Waals surface area (Å²) in [6, 6.07) is 0.510. The molecular weight excluding hydrogens is 401 g/mol. The van der Waals surface area contributed by atoms with E-state index in [2.05, 4.69) is 36.6 Å². The highest BCUT2D eigenvalue weighted by atomic mass is 127. The van der Waals surface area contributed by atoms with Crippen LogP contribution in [-0.4, -0.2) is 37.8 Å². The molecule has 4 nitrogen and oxygen atoms in total. The van der Waals surface area contributed by atoms with E-state index in [0.29, 0.717) is 12.1 Å². The second-order valence-corrected chi connectivity index (χ2v) is 6.37. The SMILES string of the molecule is CCNC(=NCCC(OCC)C1CCCC1)NC1CC=CC1.I. The van der Waals surface area contributed by atoms with Crippen LogP contribution in [0.15, 0.2) is 17.1 Å². The van der Waals surface area contributed by atoms with Gasteiger partial charge >= 0.3 is 0 Å². The molecule has 0 aromatic heterocycles. The summed E-state index contributed by atoms with van der Waals surface area (Å²) in [5, 5.41) is 6.88. The first-order valence-corrected chi connectivity index (χ1v) is 9.15. The quantitative estimate of drug-likeness (QED) is 0.263. The largest absolute Gasteiger partial charge is 0.378 e. The summed E-state index contributed by atoms with van der Waals surface area (Å²) in [7, 11) is 0. The molecule has 1 fully saturated rings. The first kappa shape index (κ1) is 20.7. The van der Waals surface area contributed by atoms with Crippen LogP contribution in [0.1, 0.15) is 58.8 Å². The molecule has 1 unspecified atom stereocenters. The number of guanidine groups is 1. The third-order valence-electron chi connectivity index (χ3n) is 4.68. The van der Waals surface area contributed by atoms with Gasteiger partial charge in [0.05, 0.1) is 6.10 Å². The van der Waals surface area contributed by atoms with Crippen molar-refractivity contribution in [2.75, 3.05) is 19.7 Å². The van der Waals surface area contributed by atoms with Gasteiger partial charge in [0.2, 0.25) is 0 Å². The molecule has 2 aliphatic rings. The summed E-state index contributed by atoms with van der Waals surface area (Å²) < 4.78 is 5.98. The third kappa shape index (κ3) is 7.42. The van der Waals surface area contributed by atoms with Gasteiger partial charge in [-0.25, -0.2) is 0 Å². The van der Waals surface area contributed by atoms with Gasteiger partial charge in [0.15, 0.2) is 5.96 Å². The lowest BCUT2D eigenvalue weighted by molar-refractivity contribution is 0.0177. The van der Waals surface area contributed by atoms with Gasteiger partial charge < -0.3 is 15.4 Å². The van der Waals surface area contributed by atoms with Crippen molar-refractivity contribution < 1.29 is 4.74 Å². The van der Waals surface area contributed by atoms with Crippen molar-refractivity contribution >= 4 is 29.9 Å². The summed E-state index contributed by atoms with van der Waals surface area (Å²) in [6.07, 6.45) is 13.5.